The molecule has 1 aromatic rings. The van der Waals surface area contributed by atoms with E-state index in [0.29, 0.717) is 17.2 Å². The van der Waals surface area contributed by atoms with Crippen LogP contribution in [0, 0.1) is 0 Å². The second-order valence-electron chi connectivity index (χ2n) is 4.09. The summed E-state index contributed by atoms with van der Waals surface area (Å²) < 4.78 is 27.9. The third kappa shape index (κ3) is 3.04. The topological polar surface area (TPSA) is 55.4 Å². The Balaban J connectivity index is 2.16. The normalized spacial score (nSPS) is 22.4. The van der Waals surface area contributed by atoms with Crippen LogP contribution in [0.2, 0.25) is 5.02 Å². The Morgan fingerprint density at radius 1 is 1.47 bits per heavy atom. The van der Waals surface area contributed by atoms with E-state index in [0.717, 1.165) is 5.69 Å². The first-order chi connectivity index (χ1) is 8.00. The number of hydrogen-bond acceptors (Lipinski definition) is 4. The molecule has 1 aromatic carbocycles. The minimum Gasteiger partial charge on any atom is -0.495 e. The molecule has 2 rings (SSSR count). The zero-order chi connectivity index (χ0) is 12.5. The number of rotatable bonds is 3. The highest BCUT2D eigenvalue weighted by Gasteiger charge is 2.28. The summed E-state index contributed by atoms with van der Waals surface area (Å²) >= 11 is 5.90. The number of benzene rings is 1. The number of ether oxygens (including phenoxy) is 1. The third-order valence-electron chi connectivity index (χ3n) is 2.75. The first-order valence-corrected chi connectivity index (χ1v) is 7.50. The number of methoxy groups -OCH3 is 1. The molecule has 1 aliphatic heterocycles. The molecule has 17 heavy (non-hydrogen) atoms. The molecule has 0 amide bonds. The summed E-state index contributed by atoms with van der Waals surface area (Å²) in [4.78, 5) is 0. The zero-order valence-electron chi connectivity index (χ0n) is 9.44. The molecule has 0 aromatic heterocycles. The Morgan fingerprint density at radius 3 is 2.82 bits per heavy atom. The summed E-state index contributed by atoms with van der Waals surface area (Å²) in [5, 5.41) is 3.76. The summed E-state index contributed by atoms with van der Waals surface area (Å²) in [6.07, 6.45) is 0.623. The number of anilines is 1. The van der Waals surface area contributed by atoms with Gasteiger partial charge < -0.3 is 10.1 Å². The van der Waals surface area contributed by atoms with E-state index in [9.17, 15) is 8.42 Å². The molecule has 1 atom stereocenters. The van der Waals surface area contributed by atoms with Crippen LogP contribution in [-0.2, 0) is 9.84 Å². The summed E-state index contributed by atoms with van der Waals surface area (Å²) in [7, 11) is -1.31. The van der Waals surface area contributed by atoms with Crippen molar-refractivity contribution in [3.05, 3.63) is 23.2 Å². The van der Waals surface area contributed by atoms with Crippen LogP contribution in [0.3, 0.4) is 0 Å². The smallest absolute Gasteiger partial charge is 0.152 e. The maximum absolute atomic E-state index is 11.4. The van der Waals surface area contributed by atoms with Crippen LogP contribution in [-0.4, -0.2) is 33.1 Å². The maximum Gasteiger partial charge on any atom is 0.152 e. The van der Waals surface area contributed by atoms with Gasteiger partial charge in [-0.05, 0) is 24.6 Å². The molecule has 1 N–H and O–H groups in total. The van der Waals surface area contributed by atoms with Crippen molar-refractivity contribution < 1.29 is 13.2 Å². The fraction of sp³-hybridized carbons (Fsp3) is 0.455. The number of nitrogens with one attached hydrogen (secondary N) is 1. The Morgan fingerprint density at radius 2 is 2.24 bits per heavy atom. The molecular formula is C11H14ClNO3S. The van der Waals surface area contributed by atoms with Gasteiger partial charge in [-0.3, -0.25) is 0 Å². The SMILES string of the molecule is COc1ccc(Cl)cc1NC1CCS(=O)(=O)C1. The average molecular weight is 276 g/mol. The molecule has 0 aliphatic carbocycles. The zero-order valence-corrected chi connectivity index (χ0v) is 11.0. The molecule has 1 saturated heterocycles. The molecule has 0 spiro atoms. The third-order valence-corrected chi connectivity index (χ3v) is 4.76. The molecule has 0 bridgehead atoms. The maximum atomic E-state index is 11.4. The van der Waals surface area contributed by atoms with Gasteiger partial charge in [-0.25, -0.2) is 8.42 Å². The van der Waals surface area contributed by atoms with E-state index >= 15 is 0 Å². The highest BCUT2D eigenvalue weighted by Crippen LogP contribution is 2.29. The van der Waals surface area contributed by atoms with Gasteiger partial charge in [0.1, 0.15) is 5.75 Å². The average Bonchev–Trinajstić information content (AvgIpc) is 2.58. The van der Waals surface area contributed by atoms with Crippen molar-refractivity contribution in [2.45, 2.75) is 12.5 Å². The Kier molecular flexibility index (Phi) is 3.49. The van der Waals surface area contributed by atoms with E-state index in [-0.39, 0.29) is 17.5 Å². The predicted octanol–water partition coefficient (Wildman–Crippen LogP) is 1.95. The first-order valence-electron chi connectivity index (χ1n) is 5.31. The van der Waals surface area contributed by atoms with E-state index in [1.54, 1.807) is 25.3 Å². The Hall–Kier alpha value is -0.940. The Bertz CT molecular complexity index is 515. The quantitative estimate of drug-likeness (QED) is 0.916. The lowest BCUT2D eigenvalue weighted by atomic mass is 10.2. The van der Waals surface area contributed by atoms with Crippen LogP contribution in [0.25, 0.3) is 0 Å². The van der Waals surface area contributed by atoms with Crippen LogP contribution < -0.4 is 10.1 Å². The van der Waals surface area contributed by atoms with Crippen molar-refractivity contribution >= 4 is 27.1 Å². The number of halogens is 1. The second kappa shape index (κ2) is 4.74. The van der Waals surface area contributed by atoms with Crippen LogP contribution in [0.15, 0.2) is 18.2 Å². The summed E-state index contributed by atoms with van der Waals surface area (Å²) in [5.41, 5.74) is 0.738. The number of sulfone groups is 1. The van der Waals surface area contributed by atoms with Crippen LogP contribution in [0.5, 0.6) is 5.75 Å². The van der Waals surface area contributed by atoms with Gasteiger partial charge in [-0.15, -0.1) is 0 Å². The van der Waals surface area contributed by atoms with Gasteiger partial charge in [0.2, 0.25) is 0 Å². The highest BCUT2D eigenvalue weighted by molar-refractivity contribution is 7.91. The summed E-state index contributed by atoms with van der Waals surface area (Å²) in [6, 6.07) is 5.17. The molecule has 0 radical (unpaired) electrons. The highest BCUT2D eigenvalue weighted by atomic mass is 35.5. The van der Waals surface area contributed by atoms with E-state index < -0.39 is 9.84 Å². The molecule has 1 fully saturated rings. The molecule has 94 valence electrons. The molecule has 1 unspecified atom stereocenters. The van der Waals surface area contributed by atoms with Gasteiger partial charge in [-0.1, -0.05) is 11.6 Å². The first kappa shape index (κ1) is 12.5. The summed E-state index contributed by atoms with van der Waals surface area (Å²) in [6.45, 7) is 0. The van der Waals surface area contributed by atoms with Gasteiger partial charge in [0.05, 0.1) is 24.3 Å². The lowest BCUT2D eigenvalue weighted by Gasteiger charge is -2.15. The molecule has 4 nitrogen and oxygen atoms in total. The van der Waals surface area contributed by atoms with Gasteiger partial charge in [0.25, 0.3) is 0 Å². The van der Waals surface area contributed by atoms with E-state index in [2.05, 4.69) is 5.32 Å². The largest absolute Gasteiger partial charge is 0.495 e. The van der Waals surface area contributed by atoms with E-state index in [1.165, 1.54) is 0 Å². The fourth-order valence-electron chi connectivity index (χ4n) is 1.92. The molecular weight excluding hydrogens is 262 g/mol. The van der Waals surface area contributed by atoms with Crippen LogP contribution in [0.1, 0.15) is 6.42 Å². The number of hydrogen-bond donors (Lipinski definition) is 1. The van der Waals surface area contributed by atoms with Gasteiger partial charge in [0, 0.05) is 11.1 Å². The minimum absolute atomic E-state index is 0.0626. The predicted molar refractivity (Wildman–Crippen MR) is 68.7 cm³/mol. The van der Waals surface area contributed by atoms with Crippen molar-refractivity contribution in [1.29, 1.82) is 0 Å². The van der Waals surface area contributed by atoms with Crippen molar-refractivity contribution in [2.24, 2.45) is 0 Å². The van der Waals surface area contributed by atoms with Gasteiger partial charge in [-0.2, -0.15) is 0 Å². The molecule has 1 heterocycles. The second-order valence-corrected chi connectivity index (χ2v) is 6.75. The monoisotopic (exact) mass is 275 g/mol. The van der Waals surface area contributed by atoms with E-state index in [1.807, 2.05) is 0 Å². The van der Waals surface area contributed by atoms with Crippen molar-refractivity contribution in [3.63, 3.8) is 0 Å². The van der Waals surface area contributed by atoms with Gasteiger partial charge in [0.15, 0.2) is 9.84 Å². The molecule has 6 heteroatoms. The minimum atomic E-state index is -2.88. The van der Waals surface area contributed by atoms with Gasteiger partial charge >= 0.3 is 0 Å². The standard InChI is InChI=1S/C11H14ClNO3S/c1-16-11-3-2-8(12)6-10(11)13-9-4-5-17(14,15)7-9/h2-3,6,9,13H,4-5,7H2,1H3. The van der Waals surface area contributed by atoms with Crippen molar-refractivity contribution in [3.8, 4) is 5.75 Å². The molecule has 1 aliphatic rings. The van der Waals surface area contributed by atoms with Crippen molar-refractivity contribution in [1.82, 2.24) is 0 Å². The summed E-state index contributed by atoms with van der Waals surface area (Å²) in [5.74, 6) is 1.08. The molecule has 0 saturated carbocycles. The Labute approximate surface area is 106 Å². The lowest BCUT2D eigenvalue weighted by Crippen LogP contribution is -2.20. The van der Waals surface area contributed by atoms with Crippen molar-refractivity contribution in [2.75, 3.05) is 23.9 Å². The van der Waals surface area contributed by atoms with E-state index in [4.69, 9.17) is 16.3 Å². The van der Waals surface area contributed by atoms with Crippen LogP contribution in [0.4, 0.5) is 5.69 Å². The lowest BCUT2D eigenvalue weighted by molar-refractivity contribution is 0.416. The van der Waals surface area contributed by atoms with Crippen LogP contribution >= 0.6 is 11.6 Å². The fourth-order valence-corrected chi connectivity index (χ4v) is 3.77.